The molecule has 10 heteroatoms. The Bertz CT molecular complexity index is 1360. The molecule has 0 amide bonds. The lowest BCUT2D eigenvalue weighted by atomic mass is 10.1. The first-order chi connectivity index (χ1) is 14.4. The lowest BCUT2D eigenvalue weighted by Gasteiger charge is -2.11. The molecule has 0 bridgehead atoms. The van der Waals surface area contributed by atoms with Gasteiger partial charge in [-0.15, -0.1) is 11.3 Å². The maximum atomic E-state index is 12.8. The van der Waals surface area contributed by atoms with Gasteiger partial charge in [0.25, 0.3) is 10.0 Å². The third-order valence-electron chi connectivity index (χ3n) is 4.37. The molecule has 0 aliphatic rings. The van der Waals surface area contributed by atoms with Gasteiger partial charge in [0, 0.05) is 28.7 Å². The number of rotatable bonds is 6. The normalized spacial score (nSPS) is 11.4. The van der Waals surface area contributed by atoms with Crippen molar-refractivity contribution < 1.29 is 23.1 Å². The fourth-order valence-corrected chi connectivity index (χ4v) is 5.12. The molecule has 0 fully saturated rings. The van der Waals surface area contributed by atoms with Gasteiger partial charge in [-0.25, -0.2) is 9.78 Å². The molecule has 30 heavy (non-hydrogen) atoms. The van der Waals surface area contributed by atoms with Gasteiger partial charge in [-0.1, -0.05) is 18.2 Å². The Morgan fingerprint density at radius 2 is 2.03 bits per heavy atom. The Balaban J connectivity index is 1.68. The number of ether oxygens (including phenoxy) is 1. The van der Waals surface area contributed by atoms with Crippen molar-refractivity contribution in [1.82, 2.24) is 9.97 Å². The number of carboxylic acids is 1. The molecule has 8 nitrogen and oxygen atoms in total. The summed E-state index contributed by atoms with van der Waals surface area (Å²) in [5, 5.41) is 12.8. The van der Waals surface area contributed by atoms with Crippen molar-refractivity contribution >= 4 is 43.8 Å². The van der Waals surface area contributed by atoms with Crippen LogP contribution in [-0.4, -0.2) is 36.6 Å². The maximum Gasteiger partial charge on any atom is 0.335 e. The zero-order chi connectivity index (χ0) is 21.3. The number of thiazole rings is 1. The van der Waals surface area contributed by atoms with Crippen LogP contribution in [0.15, 0.2) is 65.3 Å². The Kier molecular flexibility index (Phi) is 5.10. The molecule has 0 spiro atoms. The van der Waals surface area contributed by atoms with E-state index in [1.54, 1.807) is 12.4 Å². The fourth-order valence-electron chi connectivity index (χ4n) is 2.91. The molecule has 4 aromatic rings. The fraction of sp³-hybridized carbons (Fsp3) is 0.0500. The van der Waals surface area contributed by atoms with Crippen LogP contribution in [0.4, 0.5) is 5.69 Å². The molecule has 2 aromatic heterocycles. The number of anilines is 1. The van der Waals surface area contributed by atoms with Gasteiger partial charge >= 0.3 is 5.97 Å². The predicted octanol–water partition coefficient (Wildman–Crippen LogP) is 3.87. The summed E-state index contributed by atoms with van der Waals surface area (Å²) < 4.78 is 33.2. The van der Waals surface area contributed by atoms with Gasteiger partial charge < -0.3 is 9.84 Å². The smallest absolute Gasteiger partial charge is 0.335 e. The van der Waals surface area contributed by atoms with E-state index >= 15 is 0 Å². The molecule has 0 aliphatic heterocycles. The molecule has 2 heterocycles. The largest absolute Gasteiger partial charge is 0.495 e. The first-order valence-electron chi connectivity index (χ1n) is 8.62. The molecule has 4 rings (SSSR count). The second-order valence-electron chi connectivity index (χ2n) is 6.22. The van der Waals surface area contributed by atoms with Gasteiger partial charge in [-0.05, 0) is 29.7 Å². The molecular formula is C20H15N3O5S2. The summed E-state index contributed by atoms with van der Waals surface area (Å²) in [6.45, 7) is 0. The van der Waals surface area contributed by atoms with Crippen LogP contribution >= 0.6 is 11.3 Å². The summed E-state index contributed by atoms with van der Waals surface area (Å²) in [6.07, 6.45) is 3.41. The highest BCUT2D eigenvalue weighted by Gasteiger charge is 2.22. The topological polar surface area (TPSA) is 118 Å². The van der Waals surface area contributed by atoms with E-state index < -0.39 is 16.0 Å². The van der Waals surface area contributed by atoms with Gasteiger partial charge in [0.1, 0.15) is 10.8 Å². The Hall–Kier alpha value is -3.50. The standard InChI is InChI=1S/C20H15N3O5S2/c1-28-17-9-13(20(24)25)5-6-16(17)23-30(26,27)18-11-29-19(22-18)14-4-2-3-12-7-8-21-10-15(12)14/h2-11,23H,1H3,(H,24,25). The van der Waals surface area contributed by atoms with E-state index in [1.807, 2.05) is 24.3 Å². The number of hydrogen-bond acceptors (Lipinski definition) is 7. The lowest BCUT2D eigenvalue weighted by Crippen LogP contribution is -2.14. The number of sulfonamides is 1. The SMILES string of the molecule is COc1cc(C(=O)O)ccc1NS(=O)(=O)c1csc(-c2cccc3ccncc23)n1. The van der Waals surface area contributed by atoms with Crippen molar-refractivity contribution in [3.8, 4) is 16.3 Å². The molecular weight excluding hydrogens is 426 g/mol. The highest BCUT2D eigenvalue weighted by atomic mass is 32.2. The van der Waals surface area contributed by atoms with Crippen LogP contribution in [0.3, 0.4) is 0 Å². The first-order valence-corrected chi connectivity index (χ1v) is 11.0. The number of nitrogens with one attached hydrogen (secondary N) is 1. The van der Waals surface area contributed by atoms with Crippen LogP contribution in [0.5, 0.6) is 5.75 Å². The lowest BCUT2D eigenvalue weighted by molar-refractivity contribution is 0.0696. The zero-order valence-electron chi connectivity index (χ0n) is 15.6. The van der Waals surface area contributed by atoms with Gasteiger partial charge in [-0.3, -0.25) is 9.71 Å². The third kappa shape index (κ3) is 3.70. The third-order valence-corrected chi connectivity index (χ3v) is 6.64. The average Bonchev–Trinajstić information content (AvgIpc) is 3.24. The second-order valence-corrected chi connectivity index (χ2v) is 8.71. The van der Waals surface area contributed by atoms with Gasteiger partial charge in [0.05, 0.1) is 18.4 Å². The molecule has 152 valence electrons. The van der Waals surface area contributed by atoms with E-state index in [4.69, 9.17) is 9.84 Å². The number of benzene rings is 2. The number of aromatic carboxylic acids is 1. The second kappa shape index (κ2) is 7.73. The van der Waals surface area contributed by atoms with Crippen molar-refractivity contribution in [1.29, 1.82) is 0 Å². The summed E-state index contributed by atoms with van der Waals surface area (Å²) >= 11 is 1.20. The summed E-state index contributed by atoms with van der Waals surface area (Å²) in [5.74, 6) is -1.05. The monoisotopic (exact) mass is 441 g/mol. The minimum atomic E-state index is -4.01. The summed E-state index contributed by atoms with van der Waals surface area (Å²) in [6, 6.07) is 11.4. The molecule has 0 unspecified atom stereocenters. The zero-order valence-corrected chi connectivity index (χ0v) is 17.2. The van der Waals surface area contributed by atoms with Crippen molar-refractivity contribution in [2.45, 2.75) is 5.03 Å². The first kappa shape index (κ1) is 19.8. The number of fused-ring (bicyclic) bond motifs is 1. The van der Waals surface area contributed by atoms with E-state index in [9.17, 15) is 13.2 Å². The summed E-state index contributed by atoms with van der Waals surface area (Å²) in [5.41, 5.74) is 0.886. The van der Waals surface area contributed by atoms with Crippen molar-refractivity contribution in [3.63, 3.8) is 0 Å². The van der Waals surface area contributed by atoms with E-state index in [0.717, 1.165) is 16.3 Å². The molecule has 2 aromatic carbocycles. The van der Waals surface area contributed by atoms with Crippen molar-refractivity contribution in [2.24, 2.45) is 0 Å². The Morgan fingerprint density at radius 1 is 1.20 bits per heavy atom. The van der Waals surface area contributed by atoms with E-state index in [1.165, 1.54) is 42.0 Å². The molecule has 0 saturated carbocycles. The number of pyridine rings is 1. The van der Waals surface area contributed by atoms with Crippen LogP contribution in [0, 0.1) is 0 Å². The quantitative estimate of drug-likeness (QED) is 0.466. The summed E-state index contributed by atoms with van der Waals surface area (Å²) in [4.78, 5) is 19.6. The van der Waals surface area contributed by atoms with E-state index in [-0.39, 0.29) is 22.0 Å². The van der Waals surface area contributed by atoms with Gasteiger partial charge in [0.15, 0.2) is 5.03 Å². The average molecular weight is 441 g/mol. The number of carbonyl (C=O) groups is 1. The van der Waals surface area contributed by atoms with Crippen molar-refractivity contribution in [3.05, 3.63) is 65.8 Å². The van der Waals surface area contributed by atoms with Crippen LogP contribution in [0.2, 0.25) is 0 Å². The molecule has 0 atom stereocenters. The molecule has 0 aliphatic carbocycles. The van der Waals surface area contributed by atoms with E-state index in [2.05, 4.69) is 14.7 Å². The number of hydrogen-bond donors (Lipinski definition) is 2. The Morgan fingerprint density at radius 3 is 2.80 bits per heavy atom. The van der Waals surface area contributed by atoms with Gasteiger partial charge in [-0.2, -0.15) is 8.42 Å². The highest BCUT2D eigenvalue weighted by molar-refractivity contribution is 7.92. The van der Waals surface area contributed by atoms with E-state index in [0.29, 0.717) is 5.01 Å². The Labute approximate surface area is 175 Å². The minimum absolute atomic E-state index is 0.0182. The predicted molar refractivity (Wildman–Crippen MR) is 114 cm³/mol. The minimum Gasteiger partial charge on any atom is -0.495 e. The van der Waals surface area contributed by atoms with Crippen molar-refractivity contribution in [2.75, 3.05) is 11.8 Å². The number of carboxylic acid groups (broad SMARTS) is 1. The van der Waals surface area contributed by atoms with Crippen LogP contribution < -0.4 is 9.46 Å². The van der Waals surface area contributed by atoms with Crippen LogP contribution in [-0.2, 0) is 10.0 Å². The molecule has 0 saturated heterocycles. The molecule has 2 N–H and O–H groups in total. The molecule has 0 radical (unpaired) electrons. The number of aromatic nitrogens is 2. The number of methoxy groups -OCH3 is 1. The van der Waals surface area contributed by atoms with Crippen LogP contribution in [0.25, 0.3) is 21.3 Å². The van der Waals surface area contributed by atoms with Gasteiger partial charge in [0.2, 0.25) is 0 Å². The number of nitrogens with zero attached hydrogens (tertiary/aromatic N) is 2. The van der Waals surface area contributed by atoms with Crippen LogP contribution in [0.1, 0.15) is 10.4 Å². The maximum absolute atomic E-state index is 12.8. The summed E-state index contributed by atoms with van der Waals surface area (Å²) in [7, 11) is -2.69. The highest BCUT2D eigenvalue weighted by Crippen LogP contribution is 2.33.